The summed E-state index contributed by atoms with van der Waals surface area (Å²) in [6.45, 7) is 0.178. The molecule has 0 fully saturated rings. The van der Waals surface area contributed by atoms with Crippen molar-refractivity contribution in [1.82, 2.24) is 0 Å². The molecule has 1 aromatic rings. The van der Waals surface area contributed by atoms with Gasteiger partial charge in [0.15, 0.2) is 0 Å². The Labute approximate surface area is 82.0 Å². The zero-order valence-corrected chi connectivity index (χ0v) is 7.68. The van der Waals surface area contributed by atoms with Crippen LogP contribution in [0.1, 0.15) is 15.9 Å². The predicted octanol–water partition coefficient (Wildman–Crippen LogP) is 0.247. The fraction of sp³-hybridized carbons (Fsp3) is 0.300. The zero-order chi connectivity index (χ0) is 10.6. The monoisotopic (exact) mass is 195 g/mol. The van der Waals surface area contributed by atoms with Crippen LogP contribution in [0.4, 0.5) is 0 Å². The van der Waals surface area contributed by atoms with E-state index in [-0.39, 0.29) is 12.1 Å². The van der Waals surface area contributed by atoms with E-state index >= 15 is 0 Å². The SMILES string of the molecule is NCC(O)Cc1cccc(C(=O)O)c1. The second kappa shape index (κ2) is 4.74. The highest BCUT2D eigenvalue weighted by Gasteiger charge is 2.06. The molecule has 1 unspecified atom stereocenters. The smallest absolute Gasteiger partial charge is 0.335 e. The van der Waals surface area contributed by atoms with Crippen LogP contribution >= 0.6 is 0 Å². The van der Waals surface area contributed by atoms with Crippen LogP contribution in [-0.4, -0.2) is 28.8 Å². The summed E-state index contributed by atoms with van der Waals surface area (Å²) >= 11 is 0. The molecular weight excluding hydrogens is 182 g/mol. The Hall–Kier alpha value is -1.39. The first-order valence-corrected chi connectivity index (χ1v) is 4.34. The van der Waals surface area contributed by atoms with Gasteiger partial charge in [0, 0.05) is 6.54 Å². The average molecular weight is 195 g/mol. The number of rotatable bonds is 4. The second-order valence-electron chi connectivity index (χ2n) is 3.10. The van der Waals surface area contributed by atoms with Crippen molar-refractivity contribution in [2.75, 3.05) is 6.54 Å². The molecule has 0 aromatic heterocycles. The third-order valence-corrected chi connectivity index (χ3v) is 1.92. The number of nitrogens with two attached hydrogens (primary N) is 1. The van der Waals surface area contributed by atoms with E-state index in [0.717, 1.165) is 5.56 Å². The van der Waals surface area contributed by atoms with Crippen molar-refractivity contribution in [3.8, 4) is 0 Å². The molecule has 0 heterocycles. The van der Waals surface area contributed by atoms with Crippen molar-refractivity contribution >= 4 is 5.97 Å². The van der Waals surface area contributed by atoms with Crippen LogP contribution in [-0.2, 0) is 6.42 Å². The van der Waals surface area contributed by atoms with Crippen molar-refractivity contribution in [3.63, 3.8) is 0 Å². The van der Waals surface area contributed by atoms with Crippen molar-refractivity contribution in [1.29, 1.82) is 0 Å². The fourth-order valence-electron chi connectivity index (χ4n) is 1.19. The largest absolute Gasteiger partial charge is 0.478 e. The minimum Gasteiger partial charge on any atom is -0.478 e. The normalized spacial score (nSPS) is 12.4. The first-order chi connectivity index (χ1) is 6.63. The van der Waals surface area contributed by atoms with Crippen LogP contribution in [0.2, 0.25) is 0 Å². The lowest BCUT2D eigenvalue weighted by Crippen LogP contribution is -2.22. The number of hydrogen-bond acceptors (Lipinski definition) is 3. The molecule has 0 radical (unpaired) electrons. The van der Waals surface area contributed by atoms with Gasteiger partial charge in [-0.15, -0.1) is 0 Å². The Morgan fingerprint density at radius 3 is 2.79 bits per heavy atom. The molecule has 0 aliphatic heterocycles. The lowest BCUT2D eigenvalue weighted by atomic mass is 10.1. The fourth-order valence-corrected chi connectivity index (χ4v) is 1.19. The van der Waals surface area contributed by atoms with Crippen LogP contribution in [0, 0.1) is 0 Å². The molecule has 0 spiro atoms. The van der Waals surface area contributed by atoms with E-state index in [1.54, 1.807) is 18.2 Å². The lowest BCUT2D eigenvalue weighted by Gasteiger charge is -2.07. The van der Waals surface area contributed by atoms with Gasteiger partial charge in [-0.1, -0.05) is 12.1 Å². The Morgan fingerprint density at radius 2 is 2.21 bits per heavy atom. The van der Waals surface area contributed by atoms with Gasteiger partial charge < -0.3 is 15.9 Å². The molecule has 0 bridgehead atoms. The maximum atomic E-state index is 10.6. The summed E-state index contributed by atoms with van der Waals surface area (Å²) < 4.78 is 0. The van der Waals surface area contributed by atoms with E-state index in [1.165, 1.54) is 6.07 Å². The number of carboxylic acid groups (broad SMARTS) is 1. The standard InChI is InChI=1S/C10H13NO3/c11-6-9(12)5-7-2-1-3-8(4-7)10(13)14/h1-4,9,12H,5-6,11H2,(H,13,14). The zero-order valence-electron chi connectivity index (χ0n) is 7.68. The number of aliphatic hydroxyl groups excluding tert-OH is 1. The maximum absolute atomic E-state index is 10.6. The lowest BCUT2D eigenvalue weighted by molar-refractivity contribution is 0.0696. The molecule has 0 amide bonds. The van der Waals surface area contributed by atoms with Crippen molar-refractivity contribution in [3.05, 3.63) is 35.4 Å². The summed E-state index contributed by atoms with van der Waals surface area (Å²) in [7, 11) is 0. The average Bonchev–Trinajstić information content (AvgIpc) is 2.18. The summed E-state index contributed by atoms with van der Waals surface area (Å²) in [6.07, 6.45) is -0.225. The number of carboxylic acids is 1. The summed E-state index contributed by atoms with van der Waals surface area (Å²) in [4.78, 5) is 10.6. The van der Waals surface area contributed by atoms with Gasteiger partial charge in [-0.05, 0) is 24.1 Å². The molecule has 4 nitrogen and oxygen atoms in total. The highest BCUT2D eigenvalue weighted by molar-refractivity contribution is 5.87. The Kier molecular flexibility index (Phi) is 3.62. The molecule has 4 heteroatoms. The second-order valence-corrected chi connectivity index (χ2v) is 3.10. The molecule has 1 rings (SSSR count). The predicted molar refractivity (Wildman–Crippen MR) is 52.2 cm³/mol. The van der Waals surface area contributed by atoms with Gasteiger partial charge in [0.25, 0.3) is 0 Å². The van der Waals surface area contributed by atoms with E-state index in [1.807, 2.05) is 0 Å². The Balaban J connectivity index is 2.78. The highest BCUT2D eigenvalue weighted by atomic mass is 16.4. The van der Waals surface area contributed by atoms with Crippen LogP contribution in [0.3, 0.4) is 0 Å². The van der Waals surface area contributed by atoms with Gasteiger partial charge in [0.05, 0.1) is 11.7 Å². The maximum Gasteiger partial charge on any atom is 0.335 e. The van der Waals surface area contributed by atoms with Crippen molar-refractivity contribution in [2.45, 2.75) is 12.5 Å². The molecule has 0 aliphatic rings. The molecule has 0 saturated heterocycles. The van der Waals surface area contributed by atoms with Gasteiger partial charge in [-0.2, -0.15) is 0 Å². The minimum absolute atomic E-state index is 0.178. The number of hydrogen-bond donors (Lipinski definition) is 3. The first kappa shape index (κ1) is 10.7. The molecule has 4 N–H and O–H groups in total. The minimum atomic E-state index is -0.964. The molecule has 0 aliphatic carbocycles. The highest BCUT2D eigenvalue weighted by Crippen LogP contribution is 2.07. The van der Waals surface area contributed by atoms with Gasteiger partial charge in [-0.25, -0.2) is 4.79 Å². The Morgan fingerprint density at radius 1 is 1.50 bits per heavy atom. The summed E-state index contributed by atoms with van der Waals surface area (Å²) in [5, 5.41) is 18.0. The van der Waals surface area contributed by atoms with Crippen LogP contribution < -0.4 is 5.73 Å². The molecular formula is C10H13NO3. The van der Waals surface area contributed by atoms with Crippen LogP contribution in [0.5, 0.6) is 0 Å². The molecule has 1 aromatic carbocycles. The molecule has 76 valence electrons. The van der Waals surface area contributed by atoms with Gasteiger partial charge >= 0.3 is 5.97 Å². The number of benzene rings is 1. The Bertz CT molecular complexity index is 325. The summed E-state index contributed by atoms with van der Waals surface area (Å²) in [5.41, 5.74) is 6.26. The summed E-state index contributed by atoms with van der Waals surface area (Å²) in [5.74, 6) is -0.964. The van der Waals surface area contributed by atoms with Gasteiger partial charge in [0.1, 0.15) is 0 Å². The topological polar surface area (TPSA) is 83.5 Å². The molecule has 1 atom stereocenters. The third-order valence-electron chi connectivity index (χ3n) is 1.92. The van der Waals surface area contributed by atoms with E-state index in [0.29, 0.717) is 6.42 Å². The quantitative estimate of drug-likeness (QED) is 0.643. The van der Waals surface area contributed by atoms with E-state index in [4.69, 9.17) is 10.8 Å². The van der Waals surface area contributed by atoms with E-state index < -0.39 is 12.1 Å². The van der Waals surface area contributed by atoms with Crippen molar-refractivity contribution in [2.24, 2.45) is 5.73 Å². The third kappa shape index (κ3) is 2.83. The molecule has 14 heavy (non-hydrogen) atoms. The van der Waals surface area contributed by atoms with Gasteiger partial charge in [0.2, 0.25) is 0 Å². The van der Waals surface area contributed by atoms with Crippen LogP contribution in [0.25, 0.3) is 0 Å². The number of aliphatic hydroxyl groups is 1. The van der Waals surface area contributed by atoms with E-state index in [2.05, 4.69) is 0 Å². The van der Waals surface area contributed by atoms with E-state index in [9.17, 15) is 9.90 Å². The van der Waals surface area contributed by atoms with Gasteiger partial charge in [-0.3, -0.25) is 0 Å². The number of carbonyl (C=O) groups is 1. The molecule has 0 saturated carbocycles. The summed E-state index contributed by atoms with van der Waals surface area (Å²) in [6, 6.07) is 6.48. The van der Waals surface area contributed by atoms with Crippen molar-refractivity contribution < 1.29 is 15.0 Å². The first-order valence-electron chi connectivity index (χ1n) is 4.34. The number of aromatic carboxylic acids is 1. The van der Waals surface area contributed by atoms with Crippen LogP contribution in [0.15, 0.2) is 24.3 Å².